The smallest absolute Gasteiger partial charge is 0.387 e. The van der Waals surface area contributed by atoms with E-state index in [1.165, 1.54) is 128 Å². The van der Waals surface area contributed by atoms with E-state index in [1.54, 1.807) is 6.08 Å². The third-order valence-corrected chi connectivity index (χ3v) is 10.2. The number of nitrogens with zero attached hydrogens (tertiary/aromatic N) is 1. The number of hydrogen-bond donors (Lipinski definition) is 3. The third-order valence-electron chi connectivity index (χ3n) is 9.26. The molecule has 9 heteroatoms. The number of hydrogen-bond acceptors (Lipinski definition) is 5. The van der Waals surface area contributed by atoms with Gasteiger partial charge in [0.15, 0.2) is 0 Å². The van der Waals surface area contributed by atoms with Crippen LogP contribution in [0.4, 0.5) is 0 Å². The Morgan fingerprint density at radius 2 is 1.08 bits per heavy atom. The Morgan fingerprint density at radius 1 is 0.673 bits per heavy atom. The van der Waals surface area contributed by atoms with Gasteiger partial charge in [0.05, 0.1) is 39.9 Å². The van der Waals surface area contributed by atoms with Crippen LogP contribution in [0.5, 0.6) is 0 Å². The number of likely N-dealkylation sites (N-methyl/N-ethyl adjacent to an activating group) is 1. The van der Waals surface area contributed by atoms with Crippen molar-refractivity contribution in [3.63, 3.8) is 0 Å². The highest BCUT2D eigenvalue weighted by Crippen LogP contribution is 2.43. The topological polar surface area (TPSA) is 105 Å². The van der Waals surface area contributed by atoms with Crippen molar-refractivity contribution in [1.82, 2.24) is 5.32 Å². The van der Waals surface area contributed by atoms with E-state index in [9.17, 15) is 19.4 Å². The maximum absolute atomic E-state index is 12.8. The van der Waals surface area contributed by atoms with Gasteiger partial charge in [-0.05, 0) is 19.3 Å². The Hall–Kier alpha value is -0.760. The van der Waals surface area contributed by atoms with Crippen molar-refractivity contribution in [2.24, 2.45) is 0 Å². The Labute approximate surface area is 303 Å². The van der Waals surface area contributed by atoms with E-state index in [4.69, 9.17) is 9.05 Å². The zero-order valence-corrected chi connectivity index (χ0v) is 33.8. The molecular formula is C40H82N2O6P+. The number of aliphatic hydroxyl groups is 1. The summed E-state index contributed by atoms with van der Waals surface area (Å²) in [5.41, 5.74) is 0. The molecule has 0 radical (unpaired) electrons. The summed E-state index contributed by atoms with van der Waals surface area (Å²) in [5.74, 6) is -0.177. The number of unbranched alkanes of at least 4 members (excludes halogenated alkanes) is 24. The van der Waals surface area contributed by atoms with Crippen molar-refractivity contribution in [2.45, 2.75) is 199 Å². The predicted octanol–water partition coefficient (Wildman–Crippen LogP) is 10.8. The van der Waals surface area contributed by atoms with Gasteiger partial charge in [0.2, 0.25) is 5.91 Å². The van der Waals surface area contributed by atoms with Crippen LogP contribution < -0.4 is 5.32 Å². The SMILES string of the molecule is CCCCCCCCCCCCC/C=C/[C@@H](O)[C@H](COP(=O)(O)OCC[N+](C)(C)C)NC(=O)CCCCCCCCCCCCCCCC. The van der Waals surface area contributed by atoms with Crippen molar-refractivity contribution in [3.05, 3.63) is 12.2 Å². The molecule has 0 rings (SSSR count). The minimum Gasteiger partial charge on any atom is -0.387 e. The molecular weight excluding hydrogens is 635 g/mol. The van der Waals surface area contributed by atoms with Crippen molar-refractivity contribution < 1.29 is 32.9 Å². The zero-order chi connectivity index (χ0) is 36.5. The Balaban J connectivity index is 4.47. The summed E-state index contributed by atoms with van der Waals surface area (Å²) in [7, 11) is 1.58. The molecule has 0 fully saturated rings. The van der Waals surface area contributed by atoms with Crippen LogP contribution in [0.15, 0.2) is 12.2 Å². The highest BCUT2D eigenvalue weighted by atomic mass is 31.2. The summed E-state index contributed by atoms with van der Waals surface area (Å²) in [6.07, 6.45) is 35.5. The van der Waals surface area contributed by atoms with E-state index in [1.807, 2.05) is 27.2 Å². The second kappa shape index (κ2) is 33.1. The van der Waals surface area contributed by atoms with E-state index in [-0.39, 0.29) is 19.1 Å². The van der Waals surface area contributed by atoms with Gasteiger partial charge in [-0.2, -0.15) is 0 Å². The molecule has 0 aromatic heterocycles. The van der Waals surface area contributed by atoms with E-state index in [2.05, 4.69) is 19.2 Å². The average molecular weight is 718 g/mol. The van der Waals surface area contributed by atoms with Crippen LogP contribution in [0, 0.1) is 0 Å². The van der Waals surface area contributed by atoms with Crippen LogP contribution in [-0.2, 0) is 18.4 Å². The Kier molecular flexibility index (Phi) is 32.6. The molecule has 0 aromatic rings. The second-order valence-electron chi connectivity index (χ2n) is 15.4. The molecule has 1 amide bonds. The first-order valence-corrected chi connectivity index (χ1v) is 22.1. The molecule has 0 aliphatic heterocycles. The van der Waals surface area contributed by atoms with E-state index >= 15 is 0 Å². The number of carbonyl (C=O) groups excluding carboxylic acids is 1. The van der Waals surface area contributed by atoms with E-state index < -0.39 is 20.0 Å². The van der Waals surface area contributed by atoms with Crippen LogP contribution in [0.3, 0.4) is 0 Å². The molecule has 8 nitrogen and oxygen atoms in total. The van der Waals surface area contributed by atoms with Crippen LogP contribution in [0.25, 0.3) is 0 Å². The number of nitrogens with one attached hydrogen (secondary N) is 1. The molecule has 3 N–H and O–H groups in total. The molecule has 0 heterocycles. The molecule has 0 aliphatic rings. The van der Waals surface area contributed by atoms with Gasteiger partial charge in [-0.3, -0.25) is 13.8 Å². The molecule has 0 spiro atoms. The lowest BCUT2D eigenvalue weighted by Gasteiger charge is -2.25. The lowest BCUT2D eigenvalue weighted by atomic mass is 10.0. The fourth-order valence-electron chi connectivity index (χ4n) is 5.92. The number of phosphoric ester groups is 1. The maximum Gasteiger partial charge on any atom is 0.472 e. The molecule has 0 saturated heterocycles. The molecule has 292 valence electrons. The lowest BCUT2D eigenvalue weighted by molar-refractivity contribution is -0.870. The highest BCUT2D eigenvalue weighted by Gasteiger charge is 2.27. The number of carbonyl (C=O) groups is 1. The maximum atomic E-state index is 12.8. The molecule has 0 saturated carbocycles. The molecule has 3 atom stereocenters. The summed E-state index contributed by atoms with van der Waals surface area (Å²) >= 11 is 0. The van der Waals surface area contributed by atoms with Crippen LogP contribution >= 0.6 is 7.82 Å². The van der Waals surface area contributed by atoms with Gasteiger partial charge in [0.1, 0.15) is 13.2 Å². The summed E-state index contributed by atoms with van der Waals surface area (Å²) < 4.78 is 23.5. The van der Waals surface area contributed by atoms with Gasteiger partial charge in [-0.25, -0.2) is 4.57 Å². The van der Waals surface area contributed by atoms with Gasteiger partial charge in [-0.15, -0.1) is 0 Å². The monoisotopic (exact) mass is 718 g/mol. The van der Waals surface area contributed by atoms with Gasteiger partial charge < -0.3 is 19.8 Å². The molecule has 0 aliphatic carbocycles. The second-order valence-corrected chi connectivity index (χ2v) is 16.8. The normalized spacial score (nSPS) is 14.7. The molecule has 49 heavy (non-hydrogen) atoms. The molecule has 0 aromatic carbocycles. The van der Waals surface area contributed by atoms with Crippen molar-refractivity contribution in [3.8, 4) is 0 Å². The molecule has 0 bridgehead atoms. The number of rotatable bonds is 37. The Bertz CT molecular complexity index is 819. The van der Waals surface area contributed by atoms with Gasteiger partial charge in [0, 0.05) is 6.42 Å². The minimum absolute atomic E-state index is 0.0643. The standard InChI is InChI=1S/C40H81N2O6P/c1-6-8-10-12-14-16-18-20-22-24-26-28-30-32-34-40(44)41-38(37-48-49(45,46)47-36-35-42(3,4)5)39(43)33-31-29-27-25-23-21-19-17-15-13-11-9-7-2/h31,33,38-39,43H,6-30,32,34-37H2,1-5H3,(H-,41,44,45,46)/p+1/b33-31+/t38-,39+/m0/s1. The number of quaternary nitrogens is 1. The number of amides is 1. The third kappa shape index (κ3) is 35.4. The predicted molar refractivity (Wildman–Crippen MR) is 208 cm³/mol. The van der Waals surface area contributed by atoms with Crippen LogP contribution in [-0.4, -0.2) is 73.4 Å². The first-order valence-electron chi connectivity index (χ1n) is 20.6. The lowest BCUT2D eigenvalue weighted by Crippen LogP contribution is -2.45. The fourth-order valence-corrected chi connectivity index (χ4v) is 6.66. The van der Waals surface area contributed by atoms with Crippen LogP contribution in [0.2, 0.25) is 0 Å². The summed E-state index contributed by atoms with van der Waals surface area (Å²) in [5, 5.41) is 13.8. The zero-order valence-electron chi connectivity index (χ0n) is 32.9. The quantitative estimate of drug-likeness (QED) is 0.0256. The first-order chi connectivity index (χ1) is 23.5. The number of allylic oxidation sites excluding steroid dienone is 1. The summed E-state index contributed by atoms with van der Waals surface area (Å²) in [4.78, 5) is 23.0. The van der Waals surface area contributed by atoms with E-state index in [0.29, 0.717) is 17.4 Å². The largest absolute Gasteiger partial charge is 0.472 e. The van der Waals surface area contributed by atoms with Gasteiger partial charge >= 0.3 is 7.82 Å². The molecule has 1 unspecified atom stereocenters. The Morgan fingerprint density at radius 3 is 1.51 bits per heavy atom. The summed E-state index contributed by atoms with van der Waals surface area (Å²) in [6.45, 7) is 4.81. The summed E-state index contributed by atoms with van der Waals surface area (Å²) in [6, 6.07) is -0.838. The minimum atomic E-state index is -4.32. The fraction of sp³-hybridized carbons (Fsp3) is 0.925. The average Bonchev–Trinajstić information content (AvgIpc) is 3.04. The van der Waals surface area contributed by atoms with Crippen molar-refractivity contribution in [1.29, 1.82) is 0 Å². The van der Waals surface area contributed by atoms with Crippen LogP contribution in [0.1, 0.15) is 187 Å². The van der Waals surface area contributed by atoms with Gasteiger partial charge in [0.25, 0.3) is 0 Å². The van der Waals surface area contributed by atoms with Crippen molar-refractivity contribution in [2.75, 3.05) is 40.9 Å². The highest BCUT2D eigenvalue weighted by molar-refractivity contribution is 7.47. The van der Waals surface area contributed by atoms with E-state index in [0.717, 1.165) is 38.5 Å². The number of aliphatic hydroxyl groups excluding tert-OH is 1. The van der Waals surface area contributed by atoms with Crippen molar-refractivity contribution >= 4 is 13.7 Å². The van der Waals surface area contributed by atoms with Gasteiger partial charge in [-0.1, -0.05) is 174 Å². The first kappa shape index (κ1) is 48.2. The number of phosphoric acid groups is 1.